The molecule has 0 saturated heterocycles. The highest BCUT2D eigenvalue weighted by atomic mass is 79.9. The molecule has 1 aromatic heterocycles. The first-order valence-electron chi connectivity index (χ1n) is 6.44. The maximum absolute atomic E-state index is 6.06. The summed E-state index contributed by atoms with van der Waals surface area (Å²) in [7, 11) is 0. The molecule has 1 heterocycles. The maximum atomic E-state index is 6.06. The Labute approximate surface area is 128 Å². The average Bonchev–Trinajstić information content (AvgIpc) is 2.55. The van der Waals surface area contributed by atoms with Crippen LogP contribution in [0.2, 0.25) is 4.34 Å². The lowest BCUT2D eigenvalue weighted by molar-refractivity contribution is 0.309. The molecule has 104 valence electrons. The summed E-state index contributed by atoms with van der Waals surface area (Å²) < 4.78 is 1.89. The largest absolute Gasteiger partial charge is 0.316 e. The van der Waals surface area contributed by atoms with Crippen LogP contribution in [-0.4, -0.2) is 13.1 Å². The molecule has 0 bridgehead atoms. The van der Waals surface area contributed by atoms with Gasteiger partial charge in [0.1, 0.15) is 4.34 Å². The van der Waals surface area contributed by atoms with Crippen molar-refractivity contribution in [3.8, 4) is 0 Å². The van der Waals surface area contributed by atoms with E-state index in [2.05, 4.69) is 55.0 Å². The van der Waals surface area contributed by atoms with Crippen molar-refractivity contribution < 1.29 is 0 Å². The van der Waals surface area contributed by atoms with Gasteiger partial charge in [0.15, 0.2) is 0 Å². The monoisotopic (exact) mass is 351 g/mol. The molecule has 0 aliphatic carbocycles. The summed E-state index contributed by atoms with van der Waals surface area (Å²) >= 11 is 11.2. The molecule has 1 rings (SSSR count). The second kappa shape index (κ2) is 7.28. The van der Waals surface area contributed by atoms with Crippen LogP contribution in [-0.2, 0) is 6.42 Å². The molecule has 0 unspecified atom stereocenters. The van der Waals surface area contributed by atoms with Crippen LogP contribution in [0.5, 0.6) is 0 Å². The molecule has 4 heteroatoms. The van der Waals surface area contributed by atoms with Gasteiger partial charge >= 0.3 is 0 Å². The number of nitrogens with one attached hydrogen (secondary N) is 1. The quantitative estimate of drug-likeness (QED) is 0.695. The van der Waals surface area contributed by atoms with E-state index < -0.39 is 0 Å². The number of halogens is 2. The number of rotatable bonds is 7. The number of aryl methyl sites for hydroxylation is 1. The van der Waals surface area contributed by atoms with Crippen molar-refractivity contribution in [2.45, 2.75) is 40.5 Å². The van der Waals surface area contributed by atoms with E-state index >= 15 is 0 Å². The van der Waals surface area contributed by atoms with Crippen LogP contribution in [0.15, 0.2) is 10.5 Å². The molecular formula is C14H23BrClNS. The van der Waals surface area contributed by atoms with E-state index in [9.17, 15) is 0 Å². The first-order valence-corrected chi connectivity index (χ1v) is 8.43. The first kappa shape index (κ1) is 16.5. The minimum Gasteiger partial charge on any atom is -0.316 e. The molecule has 0 amide bonds. The van der Waals surface area contributed by atoms with Gasteiger partial charge in [-0.05, 0) is 52.7 Å². The lowest BCUT2D eigenvalue weighted by Crippen LogP contribution is -2.32. The predicted molar refractivity (Wildman–Crippen MR) is 86.8 cm³/mol. The predicted octanol–water partition coefficient (Wildman–Crippen LogP) is 5.37. The summed E-state index contributed by atoms with van der Waals surface area (Å²) in [6.45, 7) is 11.3. The minimum absolute atomic E-state index is 0.331. The zero-order chi connectivity index (χ0) is 13.8. The third-order valence-corrected chi connectivity index (χ3v) is 5.43. The van der Waals surface area contributed by atoms with Crippen molar-refractivity contribution >= 4 is 38.9 Å². The molecule has 0 spiro atoms. The van der Waals surface area contributed by atoms with E-state index in [4.69, 9.17) is 11.6 Å². The third kappa shape index (κ3) is 6.05. The Kier molecular flexibility index (Phi) is 6.66. The van der Waals surface area contributed by atoms with E-state index in [-0.39, 0.29) is 0 Å². The third-order valence-electron chi connectivity index (χ3n) is 2.90. The van der Waals surface area contributed by atoms with Gasteiger partial charge in [-0.3, -0.25) is 0 Å². The summed E-state index contributed by atoms with van der Waals surface area (Å²) in [6.07, 6.45) is 2.29. The van der Waals surface area contributed by atoms with Crippen LogP contribution in [0.4, 0.5) is 0 Å². The topological polar surface area (TPSA) is 12.0 Å². The highest BCUT2D eigenvalue weighted by Gasteiger charge is 2.18. The molecule has 1 nitrogen and oxygen atoms in total. The molecule has 1 aromatic rings. The van der Waals surface area contributed by atoms with Gasteiger partial charge in [-0.15, -0.1) is 11.3 Å². The fraction of sp³-hybridized carbons (Fsp3) is 0.714. The van der Waals surface area contributed by atoms with Crippen molar-refractivity contribution in [1.29, 1.82) is 0 Å². The molecule has 0 aromatic carbocycles. The van der Waals surface area contributed by atoms with Gasteiger partial charge in [0.25, 0.3) is 0 Å². The van der Waals surface area contributed by atoms with Crippen LogP contribution < -0.4 is 5.32 Å². The van der Waals surface area contributed by atoms with Crippen molar-refractivity contribution in [1.82, 2.24) is 5.32 Å². The molecular weight excluding hydrogens is 330 g/mol. The number of thiophene rings is 1. The Morgan fingerprint density at radius 2 is 2.11 bits per heavy atom. The second-order valence-corrected chi connectivity index (χ2v) is 8.62. The van der Waals surface area contributed by atoms with Crippen molar-refractivity contribution in [3.63, 3.8) is 0 Å². The Bertz CT molecular complexity index is 354. The van der Waals surface area contributed by atoms with Gasteiger partial charge in [-0.25, -0.2) is 0 Å². The number of hydrogen-bond donors (Lipinski definition) is 1. The zero-order valence-corrected chi connectivity index (χ0v) is 14.8. The highest BCUT2D eigenvalue weighted by molar-refractivity contribution is 9.10. The number of hydrogen-bond acceptors (Lipinski definition) is 2. The fourth-order valence-corrected chi connectivity index (χ4v) is 3.55. The second-order valence-electron chi connectivity index (χ2n) is 6.02. The van der Waals surface area contributed by atoms with Gasteiger partial charge in [0.05, 0.1) is 0 Å². The fourth-order valence-electron chi connectivity index (χ4n) is 1.76. The molecule has 0 saturated carbocycles. The molecule has 1 N–H and O–H groups in total. The van der Waals surface area contributed by atoms with Crippen LogP contribution in [0, 0.1) is 11.3 Å². The van der Waals surface area contributed by atoms with Crippen LogP contribution in [0.3, 0.4) is 0 Å². The summed E-state index contributed by atoms with van der Waals surface area (Å²) in [6, 6.07) is 2.14. The normalized spacial score (nSPS) is 12.4. The van der Waals surface area contributed by atoms with Gasteiger partial charge in [-0.2, -0.15) is 0 Å². The first-order chi connectivity index (χ1) is 8.30. The van der Waals surface area contributed by atoms with Gasteiger partial charge in [-0.1, -0.05) is 39.3 Å². The summed E-state index contributed by atoms with van der Waals surface area (Å²) in [4.78, 5) is 1.36. The Hall–Kier alpha value is 0.430. The van der Waals surface area contributed by atoms with E-state index in [0.29, 0.717) is 11.3 Å². The van der Waals surface area contributed by atoms with Crippen LogP contribution in [0.1, 0.15) is 39.0 Å². The van der Waals surface area contributed by atoms with Gasteiger partial charge < -0.3 is 5.32 Å². The van der Waals surface area contributed by atoms with Crippen LogP contribution in [0.25, 0.3) is 0 Å². The summed E-state index contributed by atoms with van der Waals surface area (Å²) in [5, 5.41) is 3.55. The Morgan fingerprint density at radius 3 is 2.61 bits per heavy atom. The van der Waals surface area contributed by atoms with Crippen molar-refractivity contribution in [2.24, 2.45) is 11.3 Å². The molecule has 0 aliphatic rings. The highest BCUT2D eigenvalue weighted by Crippen LogP contribution is 2.34. The molecule has 0 fully saturated rings. The standard InChI is InChI=1S/C14H23BrClNS/c1-10(2)8-17-9-14(3,4)6-5-11-7-12(15)13(16)18-11/h7,10,17H,5-6,8-9H2,1-4H3. The Morgan fingerprint density at radius 1 is 1.44 bits per heavy atom. The van der Waals surface area contributed by atoms with E-state index in [0.717, 1.165) is 28.3 Å². The molecule has 18 heavy (non-hydrogen) atoms. The average molecular weight is 353 g/mol. The molecule has 0 radical (unpaired) electrons. The summed E-state index contributed by atoms with van der Waals surface area (Å²) in [5.74, 6) is 0.716. The lowest BCUT2D eigenvalue weighted by Gasteiger charge is -2.25. The maximum Gasteiger partial charge on any atom is 0.107 e. The van der Waals surface area contributed by atoms with E-state index in [1.54, 1.807) is 11.3 Å². The minimum atomic E-state index is 0.331. The van der Waals surface area contributed by atoms with E-state index in [1.807, 2.05) is 0 Å². The molecule has 0 aliphatic heterocycles. The van der Waals surface area contributed by atoms with E-state index in [1.165, 1.54) is 11.3 Å². The smallest absolute Gasteiger partial charge is 0.107 e. The molecule has 0 atom stereocenters. The SMILES string of the molecule is CC(C)CNCC(C)(C)CCc1cc(Br)c(Cl)s1. The van der Waals surface area contributed by atoms with Crippen molar-refractivity contribution in [3.05, 3.63) is 19.8 Å². The Balaban J connectivity index is 2.36. The lowest BCUT2D eigenvalue weighted by atomic mass is 9.87. The van der Waals surface area contributed by atoms with Crippen LogP contribution >= 0.6 is 38.9 Å². The summed E-state index contributed by atoms with van der Waals surface area (Å²) in [5.41, 5.74) is 0.331. The van der Waals surface area contributed by atoms with Crippen molar-refractivity contribution in [2.75, 3.05) is 13.1 Å². The zero-order valence-electron chi connectivity index (χ0n) is 11.6. The van der Waals surface area contributed by atoms with Gasteiger partial charge in [0, 0.05) is 15.9 Å². The van der Waals surface area contributed by atoms with Gasteiger partial charge in [0.2, 0.25) is 0 Å².